The van der Waals surface area contributed by atoms with E-state index in [2.05, 4.69) is 15.5 Å². The first-order valence-electron chi connectivity index (χ1n) is 7.94. The lowest BCUT2D eigenvalue weighted by Crippen LogP contribution is -2.54. The van der Waals surface area contributed by atoms with Gasteiger partial charge in [-0.2, -0.15) is 5.10 Å². The molecule has 1 aromatic heterocycles. The zero-order valence-corrected chi connectivity index (χ0v) is 13.7. The number of carbonyl (C=O) groups excluding carboxylic acids is 4. The fourth-order valence-corrected chi connectivity index (χ4v) is 3.30. The first-order valence-corrected chi connectivity index (χ1v) is 7.94. The fourth-order valence-electron chi connectivity index (χ4n) is 3.30. The molecule has 0 saturated carbocycles. The largest absolute Gasteiger partial charge is 0.496 e. The van der Waals surface area contributed by atoms with Gasteiger partial charge >= 0.3 is 0 Å². The number of fused-ring (bicyclic) bond motifs is 1. The minimum atomic E-state index is -1.01. The molecule has 2 aliphatic rings. The predicted octanol–water partition coefficient (Wildman–Crippen LogP) is 0.486. The Bertz CT molecular complexity index is 950. The van der Waals surface area contributed by atoms with Crippen LogP contribution in [0, 0.1) is 0 Å². The molecule has 4 amide bonds. The van der Waals surface area contributed by atoms with Crippen LogP contribution in [0.25, 0.3) is 11.1 Å². The van der Waals surface area contributed by atoms with Gasteiger partial charge < -0.3 is 4.74 Å². The average Bonchev–Trinajstić information content (AvgIpc) is 3.23. The molecular weight excluding hydrogens is 340 g/mol. The van der Waals surface area contributed by atoms with E-state index in [4.69, 9.17) is 4.74 Å². The molecule has 0 radical (unpaired) electrons. The van der Waals surface area contributed by atoms with Crippen molar-refractivity contribution < 1.29 is 23.9 Å². The van der Waals surface area contributed by atoms with Crippen LogP contribution >= 0.6 is 0 Å². The average molecular weight is 354 g/mol. The van der Waals surface area contributed by atoms with E-state index < -0.39 is 29.7 Å². The number of imide groups is 2. The summed E-state index contributed by atoms with van der Waals surface area (Å²) < 4.78 is 5.31. The second kappa shape index (κ2) is 5.80. The standard InChI is InChI=1S/C17H14N4O5/c1-26-12-5-8(9-6-18-19-7-9)4-10-14(12)17(25)21(16(10)24)11-2-3-13(22)20-15(11)23/h4-7,11H,2-3H2,1H3,(H,18,19)(H,20,22,23). The molecule has 1 atom stereocenters. The molecule has 2 aliphatic heterocycles. The summed E-state index contributed by atoms with van der Waals surface area (Å²) >= 11 is 0. The van der Waals surface area contributed by atoms with E-state index in [-0.39, 0.29) is 29.7 Å². The van der Waals surface area contributed by atoms with E-state index in [0.717, 1.165) is 10.5 Å². The van der Waals surface area contributed by atoms with Gasteiger partial charge in [-0.3, -0.25) is 34.5 Å². The molecule has 1 unspecified atom stereocenters. The summed E-state index contributed by atoms with van der Waals surface area (Å²) in [7, 11) is 1.40. The molecule has 4 rings (SSSR count). The van der Waals surface area contributed by atoms with Crippen LogP contribution in [-0.2, 0) is 9.59 Å². The van der Waals surface area contributed by atoms with Gasteiger partial charge in [0.15, 0.2) is 0 Å². The van der Waals surface area contributed by atoms with Crippen molar-refractivity contribution in [2.45, 2.75) is 18.9 Å². The molecule has 1 fully saturated rings. The summed E-state index contributed by atoms with van der Waals surface area (Å²) in [6.07, 6.45) is 3.41. The van der Waals surface area contributed by atoms with Crippen LogP contribution in [0.3, 0.4) is 0 Å². The van der Waals surface area contributed by atoms with Crippen LogP contribution in [0.1, 0.15) is 33.6 Å². The Morgan fingerprint density at radius 2 is 1.96 bits per heavy atom. The smallest absolute Gasteiger partial charge is 0.266 e. The number of piperidine rings is 1. The number of nitrogens with zero attached hydrogens (tertiary/aromatic N) is 2. The molecule has 132 valence electrons. The summed E-state index contributed by atoms with van der Waals surface area (Å²) in [5, 5.41) is 8.73. The molecule has 9 heteroatoms. The third kappa shape index (κ3) is 2.28. The second-order valence-electron chi connectivity index (χ2n) is 6.04. The molecule has 3 heterocycles. The number of aromatic nitrogens is 2. The molecule has 0 aliphatic carbocycles. The number of rotatable bonds is 3. The number of hydrogen-bond donors (Lipinski definition) is 2. The number of methoxy groups -OCH3 is 1. The number of benzene rings is 1. The first-order chi connectivity index (χ1) is 12.5. The number of carbonyl (C=O) groups is 4. The number of nitrogens with one attached hydrogen (secondary N) is 2. The Hall–Kier alpha value is -3.49. The third-order valence-electron chi connectivity index (χ3n) is 4.56. The number of amides is 4. The van der Waals surface area contributed by atoms with Crippen molar-refractivity contribution in [2.24, 2.45) is 0 Å². The van der Waals surface area contributed by atoms with E-state index in [1.807, 2.05) is 0 Å². The number of hydrogen-bond acceptors (Lipinski definition) is 6. The van der Waals surface area contributed by atoms with Crippen LogP contribution in [0.15, 0.2) is 24.5 Å². The second-order valence-corrected chi connectivity index (χ2v) is 6.04. The fraction of sp³-hybridized carbons (Fsp3) is 0.235. The molecule has 0 bridgehead atoms. The van der Waals surface area contributed by atoms with Gasteiger partial charge in [0.2, 0.25) is 11.8 Å². The Balaban J connectivity index is 1.79. The molecule has 1 saturated heterocycles. The zero-order valence-electron chi connectivity index (χ0n) is 13.7. The molecule has 9 nitrogen and oxygen atoms in total. The highest BCUT2D eigenvalue weighted by atomic mass is 16.5. The summed E-state index contributed by atoms with van der Waals surface area (Å²) in [5.41, 5.74) is 1.66. The monoisotopic (exact) mass is 354 g/mol. The van der Waals surface area contributed by atoms with E-state index in [0.29, 0.717) is 5.56 Å². The molecule has 26 heavy (non-hydrogen) atoms. The maximum Gasteiger partial charge on any atom is 0.266 e. The normalized spacial score (nSPS) is 19.6. The summed E-state index contributed by atoms with van der Waals surface area (Å²) in [6.45, 7) is 0. The molecule has 2 N–H and O–H groups in total. The number of ether oxygens (including phenoxy) is 1. The highest BCUT2D eigenvalue weighted by molar-refractivity contribution is 6.25. The third-order valence-corrected chi connectivity index (χ3v) is 4.56. The van der Waals surface area contributed by atoms with Crippen LogP contribution < -0.4 is 10.1 Å². The Morgan fingerprint density at radius 1 is 1.15 bits per heavy atom. The van der Waals surface area contributed by atoms with Crippen molar-refractivity contribution in [1.82, 2.24) is 20.4 Å². The summed E-state index contributed by atoms with van der Waals surface area (Å²) in [5.74, 6) is -2.00. The van der Waals surface area contributed by atoms with Crippen LogP contribution in [0.2, 0.25) is 0 Å². The van der Waals surface area contributed by atoms with Gasteiger partial charge in [0, 0.05) is 18.2 Å². The van der Waals surface area contributed by atoms with Crippen molar-refractivity contribution in [3.8, 4) is 16.9 Å². The maximum absolute atomic E-state index is 12.9. The number of aromatic amines is 1. The predicted molar refractivity (Wildman–Crippen MR) is 87.2 cm³/mol. The highest BCUT2D eigenvalue weighted by Crippen LogP contribution is 2.37. The van der Waals surface area contributed by atoms with E-state index in [1.165, 1.54) is 7.11 Å². The Morgan fingerprint density at radius 3 is 2.62 bits per heavy atom. The Labute approximate surface area is 147 Å². The van der Waals surface area contributed by atoms with Crippen molar-refractivity contribution in [3.05, 3.63) is 35.7 Å². The van der Waals surface area contributed by atoms with Crippen molar-refractivity contribution in [1.29, 1.82) is 0 Å². The minimum absolute atomic E-state index is 0.0707. The lowest BCUT2D eigenvalue weighted by atomic mass is 10.0. The highest BCUT2D eigenvalue weighted by Gasteiger charge is 2.46. The van der Waals surface area contributed by atoms with Gasteiger partial charge in [-0.1, -0.05) is 0 Å². The van der Waals surface area contributed by atoms with Gasteiger partial charge in [-0.25, -0.2) is 0 Å². The van der Waals surface area contributed by atoms with E-state index >= 15 is 0 Å². The lowest BCUT2D eigenvalue weighted by Gasteiger charge is -2.27. The van der Waals surface area contributed by atoms with Gasteiger partial charge in [0.25, 0.3) is 11.8 Å². The van der Waals surface area contributed by atoms with Gasteiger partial charge in [-0.15, -0.1) is 0 Å². The first kappa shape index (κ1) is 16.0. The van der Waals surface area contributed by atoms with Crippen LogP contribution in [0.4, 0.5) is 0 Å². The SMILES string of the molecule is COc1cc(-c2cn[nH]c2)cc2c1C(=O)N(C1CCC(=O)NC1=O)C2=O. The van der Waals surface area contributed by atoms with Crippen LogP contribution in [0.5, 0.6) is 5.75 Å². The van der Waals surface area contributed by atoms with Crippen LogP contribution in [-0.4, -0.2) is 51.9 Å². The summed E-state index contributed by atoms with van der Waals surface area (Å²) in [4.78, 5) is 50.1. The van der Waals surface area contributed by atoms with Crippen molar-refractivity contribution >= 4 is 23.6 Å². The lowest BCUT2D eigenvalue weighted by molar-refractivity contribution is -0.136. The molecular formula is C17H14N4O5. The van der Waals surface area contributed by atoms with E-state index in [1.54, 1.807) is 24.5 Å². The summed E-state index contributed by atoms with van der Waals surface area (Å²) in [6, 6.07) is 2.21. The number of H-pyrrole nitrogens is 1. The van der Waals surface area contributed by atoms with Crippen molar-refractivity contribution in [3.63, 3.8) is 0 Å². The minimum Gasteiger partial charge on any atom is -0.496 e. The van der Waals surface area contributed by atoms with Gasteiger partial charge in [0.05, 0.1) is 24.4 Å². The quantitative estimate of drug-likeness (QED) is 0.774. The van der Waals surface area contributed by atoms with Gasteiger partial charge in [-0.05, 0) is 24.1 Å². The topological polar surface area (TPSA) is 121 Å². The maximum atomic E-state index is 12.9. The molecule has 0 spiro atoms. The molecule has 2 aromatic rings. The van der Waals surface area contributed by atoms with Gasteiger partial charge in [0.1, 0.15) is 11.8 Å². The Kier molecular flexibility index (Phi) is 3.57. The van der Waals surface area contributed by atoms with E-state index in [9.17, 15) is 19.2 Å². The van der Waals surface area contributed by atoms with Crippen molar-refractivity contribution in [2.75, 3.05) is 7.11 Å². The zero-order chi connectivity index (χ0) is 18.4. The molecule has 1 aromatic carbocycles.